The van der Waals surface area contributed by atoms with Crippen LogP contribution in [0.4, 0.5) is 16.0 Å². The van der Waals surface area contributed by atoms with Crippen molar-refractivity contribution in [3.63, 3.8) is 0 Å². The number of aliphatic hydroxyl groups is 1. The molecule has 0 aliphatic heterocycles. The number of nitrogens with zero attached hydrogens (tertiary/aromatic N) is 4. The van der Waals surface area contributed by atoms with Crippen molar-refractivity contribution in [3.05, 3.63) is 71.9 Å². The minimum Gasteiger partial charge on any atom is -0.384 e. The van der Waals surface area contributed by atoms with Crippen LogP contribution in [0.2, 0.25) is 0 Å². The maximum absolute atomic E-state index is 14.6. The summed E-state index contributed by atoms with van der Waals surface area (Å²) in [6, 6.07) is 12.2. The third-order valence-corrected chi connectivity index (χ3v) is 5.76. The first-order chi connectivity index (χ1) is 16.3. The Balaban J connectivity index is 1.39. The van der Waals surface area contributed by atoms with E-state index in [1.807, 2.05) is 0 Å². The van der Waals surface area contributed by atoms with Crippen LogP contribution in [0, 0.1) is 11.7 Å². The molecule has 0 spiro atoms. The Hall–Kier alpha value is -3.85. The van der Waals surface area contributed by atoms with Crippen molar-refractivity contribution in [1.29, 1.82) is 0 Å². The Kier molecular flexibility index (Phi) is 5.49. The van der Waals surface area contributed by atoms with Gasteiger partial charge in [0.25, 0.3) is 5.91 Å². The second-order valence-electron chi connectivity index (χ2n) is 9.07. The monoisotopic (exact) mass is 460 g/mol. The average molecular weight is 461 g/mol. The van der Waals surface area contributed by atoms with Gasteiger partial charge in [0.15, 0.2) is 11.5 Å². The predicted molar refractivity (Wildman–Crippen MR) is 127 cm³/mol. The van der Waals surface area contributed by atoms with E-state index < -0.39 is 11.4 Å². The minimum atomic E-state index is -1.14. The number of hydrogen-bond donors (Lipinski definition) is 3. The van der Waals surface area contributed by atoms with Crippen molar-refractivity contribution in [2.45, 2.75) is 32.3 Å². The van der Waals surface area contributed by atoms with E-state index in [9.17, 15) is 14.3 Å². The maximum atomic E-state index is 14.6. The lowest BCUT2D eigenvalue weighted by Gasteiger charge is -2.17. The second kappa shape index (κ2) is 8.49. The number of halogens is 1. The Bertz CT molecular complexity index is 1360. The number of amides is 1. The second-order valence-corrected chi connectivity index (χ2v) is 9.07. The van der Waals surface area contributed by atoms with Crippen LogP contribution in [0.5, 0.6) is 0 Å². The SMILES string of the molecule is CC(C)(O)c1cccc(-n2cc(F)c3cnc(Nc4ccc(C(=O)NCC5CC5)cc4)nc32)n1. The minimum absolute atomic E-state index is 0.0924. The summed E-state index contributed by atoms with van der Waals surface area (Å²) in [4.78, 5) is 25.4. The summed E-state index contributed by atoms with van der Waals surface area (Å²) in [5.74, 6) is 0.758. The first kappa shape index (κ1) is 22.0. The molecular formula is C25H25FN6O2. The van der Waals surface area contributed by atoms with Crippen molar-refractivity contribution in [2.75, 3.05) is 11.9 Å². The van der Waals surface area contributed by atoms with Crippen molar-refractivity contribution in [2.24, 2.45) is 5.92 Å². The highest BCUT2D eigenvalue weighted by Crippen LogP contribution is 2.28. The molecule has 9 heteroatoms. The molecule has 1 amide bonds. The fourth-order valence-electron chi connectivity index (χ4n) is 3.60. The standard InChI is InChI=1S/C25H25FN6O2/c1-25(2,34)20-4-3-5-21(30-20)32-14-19(26)18-13-28-24(31-22(18)32)29-17-10-8-16(9-11-17)23(33)27-12-15-6-7-15/h3-5,8-11,13-15,34H,6-7,12H2,1-2H3,(H,27,33)(H,28,29,31). The molecule has 3 heterocycles. The number of anilines is 2. The van der Waals surface area contributed by atoms with Crippen LogP contribution >= 0.6 is 0 Å². The van der Waals surface area contributed by atoms with Crippen molar-refractivity contribution >= 4 is 28.6 Å². The number of carbonyl (C=O) groups excluding carboxylic acids is 1. The molecule has 0 saturated heterocycles. The van der Waals surface area contributed by atoms with Crippen LogP contribution in [0.1, 0.15) is 42.7 Å². The Morgan fingerprint density at radius 1 is 1.18 bits per heavy atom. The Morgan fingerprint density at radius 2 is 1.94 bits per heavy atom. The van der Waals surface area contributed by atoms with Crippen molar-refractivity contribution < 1.29 is 14.3 Å². The van der Waals surface area contributed by atoms with Gasteiger partial charge in [-0.3, -0.25) is 9.36 Å². The first-order valence-corrected chi connectivity index (χ1v) is 11.2. The first-order valence-electron chi connectivity index (χ1n) is 11.2. The fraction of sp³-hybridized carbons (Fsp3) is 0.280. The maximum Gasteiger partial charge on any atom is 0.251 e. The van der Waals surface area contributed by atoms with Crippen LogP contribution in [0.3, 0.4) is 0 Å². The van der Waals surface area contributed by atoms with E-state index in [1.165, 1.54) is 29.8 Å². The average Bonchev–Trinajstić information content (AvgIpc) is 3.60. The molecule has 34 heavy (non-hydrogen) atoms. The number of benzene rings is 1. The van der Waals surface area contributed by atoms with Gasteiger partial charge < -0.3 is 15.7 Å². The van der Waals surface area contributed by atoms with E-state index in [1.54, 1.807) is 56.3 Å². The highest BCUT2D eigenvalue weighted by molar-refractivity contribution is 5.94. The van der Waals surface area contributed by atoms with Crippen LogP contribution in [0.25, 0.3) is 16.9 Å². The number of rotatable bonds is 7. The molecular weight excluding hydrogens is 435 g/mol. The third-order valence-electron chi connectivity index (χ3n) is 5.76. The van der Waals surface area contributed by atoms with Crippen LogP contribution in [0.15, 0.2) is 54.9 Å². The number of nitrogens with one attached hydrogen (secondary N) is 2. The van der Waals surface area contributed by atoms with Crippen LogP contribution in [-0.4, -0.2) is 37.1 Å². The van der Waals surface area contributed by atoms with Crippen molar-refractivity contribution in [1.82, 2.24) is 24.8 Å². The van der Waals surface area contributed by atoms with E-state index >= 15 is 0 Å². The van der Waals surface area contributed by atoms with Gasteiger partial charge in [-0.25, -0.2) is 14.4 Å². The van der Waals surface area contributed by atoms with Gasteiger partial charge in [-0.1, -0.05) is 6.07 Å². The molecule has 4 aromatic rings. The molecule has 1 aromatic carbocycles. The molecule has 0 bridgehead atoms. The van der Waals surface area contributed by atoms with Gasteiger partial charge >= 0.3 is 0 Å². The number of carbonyl (C=O) groups is 1. The van der Waals surface area contributed by atoms with Crippen LogP contribution < -0.4 is 10.6 Å². The lowest BCUT2D eigenvalue weighted by Crippen LogP contribution is -2.25. The number of fused-ring (bicyclic) bond motifs is 1. The smallest absolute Gasteiger partial charge is 0.251 e. The van der Waals surface area contributed by atoms with Crippen molar-refractivity contribution in [3.8, 4) is 5.82 Å². The van der Waals surface area contributed by atoms with Gasteiger partial charge in [0.1, 0.15) is 11.4 Å². The van der Waals surface area contributed by atoms with Gasteiger partial charge in [0, 0.05) is 30.2 Å². The summed E-state index contributed by atoms with van der Waals surface area (Å²) in [6.45, 7) is 4.00. The molecule has 0 unspecified atom stereocenters. The van der Waals surface area contributed by atoms with Gasteiger partial charge in [0.2, 0.25) is 5.95 Å². The summed E-state index contributed by atoms with van der Waals surface area (Å²) >= 11 is 0. The molecule has 8 nitrogen and oxygen atoms in total. The van der Waals surface area contributed by atoms with E-state index in [0.717, 1.165) is 6.54 Å². The van der Waals surface area contributed by atoms with Gasteiger partial charge in [-0.15, -0.1) is 0 Å². The summed E-state index contributed by atoms with van der Waals surface area (Å²) < 4.78 is 16.1. The molecule has 0 radical (unpaired) electrons. The summed E-state index contributed by atoms with van der Waals surface area (Å²) in [6.07, 6.45) is 5.08. The number of hydrogen-bond acceptors (Lipinski definition) is 6. The Labute approximate surface area is 195 Å². The van der Waals surface area contributed by atoms with Gasteiger partial charge in [-0.05, 0) is 69.0 Å². The van der Waals surface area contributed by atoms with E-state index in [4.69, 9.17) is 0 Å². The lowest BCUT2D eigenvalue weighted by molar-refractivity contribution is 0.0738. The van der Waals surface area contributed by atoms with E-state index in [0.29, 0.717) is 34.3 Å². The Morgan fingerprint density at radius 3 is 2.65 bits per heavy atom. The molecule has 1 saturated carbocycles. The zero-order chi connectivity index (χ0) is 23.9. The lowest BCUT2D eigenvalue weighted by atomic mass is 10.1. The zero-order valence-electron chi connectivity index (χ0n) is 18.9. The summed E-state index contributed by atoms with van der Waals surface area (Å²) in [7, 11) is 0. The van der Waals surface area contributed by atoms with Gasteiger partial charge in [0.05, 0.1) is 11.1 Å². The fourth-order valence-corrected chi connectivity index (χ4v) is 3.60. The molecule has 3 aromatic heterocycles. The molecule has 1 aliphatic carbocycles. The number of aromatic nitrogens is 4. The predicted octanol–water partition coefficient (Wildman–Crippen LogP) is 4.07. The zero-order valence-corrected chi connectivity index (χ0v) is 18.9. The molecule has 5 rings (SSSR count). The largest absolute Gasteiger partial charge is 0.384 e. The molecule has 3 N–H and O–H groups in total. The summed E-state index contributed by atoms with van der Waals surface area (Å²) in [5, 5.41) is 16.6. The normalized spacial score (nSPS) is 13.8. The number of pyridine rings is 1. The molecule has 174 valence electrons. The van der Waals surface area contributed by atoms with E-state index in [2.05, 4.69) is 25.6 Å². The highest BCUT2D eigenvalue weighted by Gasteiger charge is 2.22. The third kappa shape index (κ3) is 4.60. The topological polar surface area (TPSA) is 105 Å². The molecule has 1 fully saturated rings. The molecule has 1 aliphatic rings. The van der Waals surface area contributed by atoms with Gasteiger partial charge in [-0.2, -0.15) is 4.98 Å². The quantitative estimate of drug-likeness (QED) is 0.384. The van der Waals surface area contributed by atoms with E-state index in [-0.39, 0.29) is 17.2 Å². The molecule has 0 atom stereocenters. The van der Waals surface area contributed by atoms with Crippen LogP contribution in [-0.2, 0) is 5.60 Å². The summed E-state index contributed by atoms with van der Waals surface area (Å²) in [5.41, 5.74) is 0.933. The highest BCUT2D eigenvalue weighted by atomic mass is 19.1.